The predicted octanol–water partition coefficient (Wildman–Crippen LogP) is 2.69. The van der Waals surface area contributed by atoms with Crippen LogP contribution in [0.25, 0.3) is 0 Å². The molecule has 1 aromatic rings. The summed E-state index contributed by atoms with van der Waals surface area (Å²) in [6, 6.07) is 0.510. The second-order valence-corrected chi connectivity index (χ2v) is 6.25. The summed E-state index contributed by atoms with van der Waals surface area (Å²) in [5.41, 5.74) is 2.83. The minimum Gasteiger partial charge on any atom is -0.373 e. The van der Waals surface area contributed by atoms with E-state index in [0.29, 0.717) is 18.2 Å². The third-order valence-electron chi connectivity index (χ3n) is 4.92. The Morgan fingerprint density at radius 3 is 2.95 bits per heavy atom. The highest BCUT2D eigenvalue weighted by atomic mass is 16.5. The van der Waals surface area contributed by atoms with Gasteiger partial charge in [0.05, 0.1) is 23.9 Å². The van der Waals surface area contributed by atoms with Gasteiger partial charge in [0.25, 0.3) is 0 Å². The minimum absolute atomic E-state index is 0.399. The Labute approximate surface area is 114 Å². The lowest BCUT2D eigenvalue weighted by Crippen LogP contribution is -2.33. The molecule has 0 radical (unpaired) electrons. The van der Waals surface area contributed by atoms with Crippen LogP contribution in [0.4, 0.5) is 5.95 Å². The Bertz CT molecular complexity index is 482. The maximum absolute atomic E-state index is 6.14. The van der Waals surface area contributed by atoms with E-state index >= 15 is 0 Å². The molecule has 3 atom stereocenters. The highest BCUT2D eigenvalue weighted by Crippen LogP contribution is 2.38. The average molecular weight is 261 g/mol. The van der Waals surface area contributed by atoms with Crippen molar-refractivity contribution in [2.45, 2.75) is 70.1 Å². The second-order valence-electron chi connectivity index (χ2n) is 6.25. The van der Waals surface area contributed by atoms with Gasteiger partial charge in [0.1, 0.15) is 0 Å². The number of anilines is 1. The number of fused-ring (bicyclic) bond motifs is 3. The number of hydrogen-bond donors (Lipinski definition) is 1. The second kappa shape index (κ2) is 4.51. The van der Waals surface area contributed by atoms with E-state index in [0.717, 1.165) is 18.9 Å². The van der Waals surface area contributed by atoms with Crippen LogP contribution in [0, 0.1) is 0 Å². The molecule has 0 bridgehead atoms. The molecular formula is C15H23N3O. The monoisotopic (exact) mass is 261 g/mol. The maximum Gasteiger partial charge on any atom is 0.203 e. The molecule has 0 aromatic carbocycles. The van der Waals surface area contributed by atoms with Gasteiger partial charge in [-0.25, -0.2) is 4.98 Å². The lowest BCUT2D eigenvalue weighted by Gasteiger charge is -2.32. The Balaban J connectivity index is 1.71. The number of nitrogens with one attached hydrogen (secondary N) is 1. The summed E-state index contributed by atoms with van der Waals surface area (Å²) < 4.78 is 8.63. The van der Waals surface area contributed by atoms with E-state index < -0.39 is 0 Å². The summed E-state index contributed by atoms with van der Waals surface area (Å²) in [4.78, 5) is 4.83. The van der Waals surface area contributed by atoms with Crippen LogP contribution in [0.3, 0.4) is 0 Å². The first-order chi connectivity index (χ1) is 9.33. The molecule has 1 N–H and O–H groups in total. The molecule has 1 aliphatic carbocycles. The molecule has 4 rings (SSSR count). The predicted molar refractivity (Wildman–Crippen MR) is 74.6 cm³/mol. The van der Waals surface area contributed by atoms with Crippen LogP contribution in [0.2, 0.25) is 0 Å². The standard InChI is InChI=1S/C15H23N3O/c1-10-6-7-14(19-10)13-8-9-16-15-17-11-4-2-3-5-12(11)18(13)15/h10,13-14H,2-9H2,1H3,(H,16,17). The van der Waals surface area contributed by atoms with E-state index in [9.17, 15) is 0 Å². The van der Waals surface area contributed by atoms with E-state index in [1.54, 1.807) is 0 Å². The number of ether oxygens (including phenoxy) is 1. The lowest BCUT2D eigenvalue weighted by molar-refractivity contribution is 0.0198. The van der Waals surface area contributed by atoms with E-state index in [-0.39, 0.29) is 0 Å². The van der Waals surface area contributed by atoms with Crippen LogP contribution in [0.5, 0.6) is 0 Å². The van der Waals surface area contributed by atoms with E-state index in [2.05, 4.69) is 16.8 Å². The molecule has 1 saturated heterocycles. The summed E-state index contributed by atoms with van der Waals surface area (Å²) in [5.74, 6) is 1.10. The summed E-state index contributed by atoms with van der Waals surface area (Å²) >= 11 is 0. The van der Waals surface area contributed by atoms with Crippen molar-refractivity contribution in [3.8, 4) is 0 Å². The smallest absolute Gasteiger partial charge is 0.203 e. The normalized spacial score (nSPS) is 33.6. The fourth-order valence-corrected chi connectivity index (χ4v) is 3.97. The lowest BCUT2D eigenvalue weighted by atomic mass is 9.98. The third-order valence-corrected chi connectivity index (χ3v) is 4.92. The molecule has 0 saturated carbocycles. The van der Waals surface area contributed by atoms with E-state index in [1.165, 1.54) is 49.9 Å². The molecule has 3 heterocycles. The number of imidazole rings is 1. The van der Waals surface area contributed by atoms with Gasteiger partial charge in [0.15, 0.2) is 0 Å². The van der Waals surface area contributed by atoms with Crippen LogP contribution >= 0.6 is 0 Å². The topological polar surface area (TPSA) is 39.1 Å². The highest BCUT2D eigenvalue weighted by Gasteiger charge is 2.36. The van der Waals surface area contributed by atoms with Crippen molar-refractivity contribution in [2.75, 3.05) is 11.9 Å². The highest BCUT2D eigenvalue weighted by molar-refractivity contribution is 5.38. The molecule has 1 fully saturated rings. The van der Waals surface area contributed by atoms with E-state index in [4.69, 9.17) is 9.72 Å². The number of aromatic nitrogens is 2. The van der Waals surface area contributed by atoms with Gasteiger partial charge in [-0.3, -0.25) is 0 Å². The molecule has 4 nitrogen and oxygen atoms in total. The van der Waals surface area contributed by atoms with E-state index in [1.807, 2.05) is 0 Å². The molecule has 1 aromatic heterocycles. The fourth-order valence-electron chi connectivity index (χ4n) is 3.97. The van der Waals surface area contributed by atoms with Crippen LogP contribution in [0.1, 0.15) is 56.5 Å². The molecule has 4 heteroatoms. The molecule has 3 aliphatic rings. The van der Waals surface area contributed by atoms with Gasteiger partial charge in [-0.1, -0.05) is 0 Å². The van der Waals surface area contributed by atoms with Crippen molar-refractivity contribution in [3.63, 3.8) is 0 Å². The molecule has 2 aliphatic heterocycles. The Morgan fingerprint density at radius 1 is 1.21 bits per heavy atom. The zero-order chi connectivity index (χ0) is 12.8. The van der Waals surface area contributed by atoms with Crippen molar-refractivity contribution in [3.05, 3.63) is 11.4 Å². The van der Waals surface area contributed by atoms with Crippen molar-refractivity contribution >= 4 is 5.95 Å². The van der Waals surface area contributed by atoms with Gasteiger partial charge < -0.3 is 14.6 Å². The van der Waals surface area contributed by atoms with Gasteiger partial charge in [0, 0.05) is 12.2 Å². The van der Waals surface area contributed by atoms with Crippen LogP contribution < -0.4 is 5.32 Å². The molecular weight excluding hydrogens is 238 g/mol. The van der Waals surface area contributed by atoms with Crippen molar-refractivity contribution in [1.29, 1.82) is 0 Å². The first kappa shape index (κ1) is 11.8. The number of hydrogen-bond acceptors (Lipinski definition) is 3. The number of rotatable bonds is 1. The summed E-state index contributed by atoms with van der Waals surface area (Å²) in [5, 5.41) is 3.48. The first-order valence-electron chi connectivity index (χ1n) is 7.82. The van der Waals surface area contributed by atoms with Gasteiger partial charge >= 0.3 is 0 Å². The van der Waals surface area contributed by atoms with Crippen molar-refractivity contribution in [1.82, 2.24) is 9.55 Å². The van der Waals surface area contributed by atoms with Gasteiger partial charge in [-0.2, -0.15) is 0 Å². The fraction of sp³-hybridized carbons (Fsp3) is 0.800. The summed E-state index contributed by atoms with van der Waals surface area (Å²) in [7, 11) is 0. The zero-order valence-electron chi connectivity index (χ0n) is 11.7. The van der Waals surface area contributed by atoms with Gasteiger partial charge in [0.2, 0.25) is 5.95 Å². The van der Waals surface area contributed by atoms with Crippen molar-refractivity contribution < 1.29 is 4.74 Å². The SMILES string of the molecule is CC1CCC(C2CCNc3nc4c(n32)CCCC4)O1. The molecule has 104 valence electrons. The van der Waals surface area contributed by atoms with Crippen molar-refractivity contribution in [2.24, 2.45) is 0 Å². The quantitative estimate of drug-likeness (QED) is 0.845. The van der Waals surface area contributed by atoms with Gasteiger partial charge in [-0.15, -0.1) is 0 Å². The Kier molecular flexibility index (Phi) is 2.79. The molecule has 0 spiro atoms. The summed E-state index contributed by atoms with van der Waals surface area (Å²) in [6.07, 6.45) is 9.39. The summed E-state index contributed by atoms with van der Waals surface area (Å²) in [6.45, 7) is 3.24. The van der Waals surface area contributed by atoms with Crippen LogP contribution in [-0.4, -0.2) is 28.3 Å². The third kappa shape index (κ3) is 1.88. The Hall–Kier alpha value is -1.03. The van der Waals surface area contributed by atoms with Crippen LogP contribution in [-0.2, 0) is 17.6 Å². The Morgan fingerprint density at radius 2 is 2.11 bits per heavy atom. The van der Waals surface area contributed by atoms with Gasteiger partial charge in [-0.05, 0) is 51.9 Å². The molecule has 3 unspecified atom stereocenters. The maximum atomic E-state index is 6.14. The average Bonchev–Trinajstić information content (AvgIpc) is 3.01. The largest absolute Gasteiger partial charge is 0.373 e. The molecule has 19 heavy (non-hydrogen) atoms. The molecule has 0 amide bonds. The minimum atomic E-state index is 0.399. The first-order valence-corrected chi connectivity index (χ1v) is 7.82. The van der Waals surface area contributed by atoms with Crippen LogP contribution in [0.15, 0.2) is 0 Å². The number of aryl methyl sites for hydroxylation is 1. The number of nitrogens with zero attached hydrogens (tertiary/aromatic N) is 2. The zero-order valence-corrected chi connectivity index (χ0v) is 11.7.